The Morgan fingerprint density at radius 2 is 2.12 bits per heavy atom. The van der Waals surface area contributed by atoms with Crippen molar-refractivity contribution in [3.05, 3.63) is 35.4 Å². The summed E-state index contributed by atoms with van der Waals surface area (Å²) in [5.41, 5.74) is 0.383. The maximum atomic E-state index is 12.8. The van der Waals surface area contributed by atoms with Gasteiger partial charge in [0.05, 0.1) is 12.5 Å². The van der Waals surface area contributed by atoms with Gasteiger partial charge in [-0.25, -0.2) is 8.78 Å². The molecule has 0 bridgehead atoms. The first kappa shape index (κ1) is 12.1. The molecule has 0 aliphatic heterocycles. The predicted octanol–water partition coefficient (Wildman–Crippen LogP) is 1.49. The van der Waals surface area contributed by atoms with Crippen LogP contribution in [-0.4, -0.2) is 24.4 Å². The minimum absolute atomic E-state index is 0.0253. The number of likely N-dealkylation sites (N-methyl/N-ethyl adjacent to an activating group) is 1. The predicted molar refractivity (Wildman–Crippen MR) is 53.3 cm³/mol. The van der Waals surface area contributed by atoms with Crippen LogP contribution < -0.4 is 0 Å². The lowest BCUT2D eigenvalue weighted by Gasteiger charge is -2.12. The Morgan fingerprint density at radius 1 is 1.44 bits per heavy atom. The van der Waals surface area contributed by atoms with Gasteiger partial charge in [0.1, 0.15) is 6.54 Å². The van der Waals surface area contributed by atoms with E-state index in [-0.39, 0.29) is 18.9 Å². The summed E-state index contributed by atoms with van der Waals surface area (Å²) in [7, 11) is 1.48. The maximum Gasteiger partial charge on any atom is 0.227 e. The Hall–Kier alpha value is -1.96. The average molecular weight is 224 g/mol. The number of hydrogen-bond acceptors (Lipinski definition) is 2. The van der Waals surface area contributed by atoms with Crippen LogP contribution in [-0.2, 0) is 11.2 Å². The van der Waals surface area contributed by atoms with Crippen LogP contribution in [0.2, 0.25) is 0 Å². The molecule has 1 aromatic carbocycles. The number of rotatable bonds is 3. The third-order valence-electron chi connectivity index (χ3n) is 2.07. The first-order valence-electron chi connectivity index (χ1n) is 4.59. The van der Waals surface area contributed by atoms with Crippen LogP contribution in [0.4, 0.5) is 8.78 Å². The third-order valence-corrected chi connectivity index (χ3v) is 2.07. The van der Waals surface area contributed by atoms with E-state index < -0.39 is 11.6 Å². The van der Waals surface area contributed by atoms with Gasteiger partial charge in [0.25, 0.3) is 0 Å². The van der Waals surface area contributed by atoms with Gasteiger partial charge in [0, 0.05) is 7.05 Å². The number of hydrogen-bond donors (Lipinski definition) is 0. The maximum absolute atomic E-state index is 12.8. The molecule has 0 radical (unpaired) electrons. The summed E-state index contributed by atoms with van der Waals surface area (Å²) in [4.78, 5) is 12.7. The highest BCUT2D eigenvalue weighted by Crippen LogP contribution is 2.09. The molecule has 0 aromatic heterocycles. The van der Waals surface area contributed by atoms with E-state index in [4.69, 9.17) is 5.26 Å². The van der Waals surface area contributed by atoms with Gasteiger partial charge in [-0.2, -0.15) is 5.26 Å². The number of carbonyl (C=O) groups excluding carboxylic acids is 1. The molecule has 0 unspecified atom stereocenters. The summed E-state index contributed by atoms with van der Waals surface area (Å²) in [5, 5.41) is 8.38. The topological polar surface area (TPSA) is 44.1 Å². The highest BCUT2D eigenvalue weighted by molar-refractivity contribution is 5.78. The van der Waals surface area contributed by atoms with Gasteiger partial charge < -0.3 is 4.90 Å². The second kappa shape index (κ2) is 5.21. The molecule has 0 spiro atoms. The Morgan fingerprint density at radius 3 is 2.69 bits per heavy atom. The van der Waals surface area contributed by atoms with Crippen molar-refractivity contribution < 1.29 is 13.6 Å². The summed E-state index contributed by atoms with van der Waals surface area (Å²) in [6.45, 7) is -0.0253. The molecule has 0 heterocycles. The molecule has 1 amide bonds. The van der Waals surface area contributed by atoms with E-state index in [1.54, 1.807) is 0 Å². The van der Waals surface area contributed by atoms with E-state index in [0.717, 1.165) is 12.1 Å². The third kappa shape index (κ3) is 3.02. The van der Waals surface area contributed by atoms with Gasteiger partial charge in [0.15, 0.2) is 11.6 Å². The molecule has 3 nitrogen and oxygen atoms in total. The van der Waals surface area contributed by atoms with Crippen molar-refractivity contribution in [1.82, 2.24) is 4.90 Å². The molecule has 16 heavy (non-hydrogen) atoms. The summed E-state index contributed by atoms with van der Waals surface area (Å²) in [5.74, 6) is -2.23. The Bertz CT molecular complexity index is 440. The summed E-state index contributed by atoms with van der Waals surface area (Å²) in [6, 6.07) is 5.12. The Kier molecular flexibility index (Phi) is 3.95. The second-order valence-electron chi connectivity index (χ2n) is 3.33. The largest absolute Gasteiger partial charge is 0.332 e. The Balaban J connectivity index is 2.70. The van der Waals surface area contributed by atoms with Crippen LogP contribution in [0.25, 0.3) is 0 Å². The van der Waals surface area contributed by atoms with E-state index in [2.05, 4.69) is 0 Å². The van der Waals surface area contributed by atoms with Crippen LogP contribution in [0.5, 0.6) is 0 Å². The Labute approximate surface area is 91.9 Å². The zero-order chi connectivity index (χ0) is 12.1. The minimum atomic E-state index is -0.978. The van der Waals surface area contributed by atoms with Gasteiger partial charge in [-0.05, 0) is 17.7 Å². The molecular weight excluding hydrogens is 214 g/mol. The molecule has 84 valence electrons. The van der Waals surface area contributed by atoms with Crippen molar-refractivity contribution in [2.24, 2.45) is 0 Å². The first-order chi connectivity index (χ1) is 7.54. The van der Waals surface area contributed by atoms with E-state index in [1.165, 1.54) is 18.0 Å². The van der Waals surface area contributed by atoms with Crippen molar-refractivity contribution in [3.8, 4) is 6.07 Å². The van der Waals surface area contributed by atoms with Crippen molar-refractivity contribution in [1.29, 1.82) is 5.26 Å². The quantitative estimate of drug-likeness (QED) is 0.730. The number of carbonyl (C=O) groups is 1. The molecule has 0 saturated heterocycles. The molecule has 0 aliphatic rings. The van der Waals surface area contributed by atoms with Crippen LogP contribution in [0.1, 0.15) is 5.56 Å². The highest BCUT2D eigenvalue weighted by atomic mass is 19.2. The molecule has 0 atom stereocenters. The van der Waals surface area contributed by atoms with E-state index >= 15 is 0 Å². The van der Waals surface area contributed by atoms with Crippen molar-refractivity contribution in [2.45, 2.75) is 6.42 Å². The van der Waals surface area contributed by atoms with E-state index in [1.807, 2.05) is 6.07 Å². The lowest BCUT2D eigenvalue weighted by molar-refractivity contribution is -0.128. The van der Waals surface area contributed by atoms with E-state index in [9.17, 15) is 13.6 Å². The van der Waals surface area contributed by atoms with Gasteiger partial charge in [-0.3, -0.25) is 4.79 Å². The molecule has 0 fully saturated rings. The van der Waals surface area contributed by atoms with Gasteiger partial charge in [0.2, 0.25) is 5.91 Å². The zero-order valence-corrected chi connectivity index (χ0v) is 8.70. The highest BCUT2D eigenvalue weighted by Gasteiger charge is 2.10. The number of halogens is 2. The standard InChI is InChI=1S/C11H10F2N2O/c1-15(5-4-14)11(16)7-8-2-3-9(12)10(13)6-8/h2-3,6H,5,7H2,1H3. The number of amides is 1. The molecule has 1 aromatic rings. The number of benzene rings is 1. The molecular formula is C11H10F2N2O. The summed E-state index contributed by atoms with van der Waals surface area (Å²) >= 11 is 0. The van der Waals surface area contributed by atoms with Crippen LogP contribution in [0.15, 0.2) is 18.2 Å². The van der Waals surface area contributed by atoms with E-state index in [0.29, 0.717) is 5.56 Å². The molecule has 0 N–H and O–H groups in total. The fourth-order valence-corrected chi connectivity index (χ4v) is 1.15. The van der Waals surface area contributed by atoms with Crippen LogP contribution >= 0.6 is 0 Å². The summed E-state index contributed by atoms with van der Waals surface area (Å²) < 4.78 is 25.4. The second-order valence-corrected chi connectivity index (χ2v) is 3.33. The first-order valence-corrected chi connectivity index (χ1v) is 4.59. The average Bonchev–Trinajstić information content (AvgIpc) is 2.24. The molecule has 5 heteroatoms. The number of nitriles is 1. The smallest absolute Gasteiger partial charge is 0.227 e. The lowest BCUT2D eigenvalue weighted by atomic mass is 10.1. The minimum Gasteiger partial charge on any atom is -0.332 e. The SMILES string of the molecule is CN(CC#N)C(=O)Cc1ccc(F)c(F)c1. The molecule has 1 rings (SSSR count). The van der Waals surface area contributed by atoms with Gasteiger partial charge >= 0.3 is 0 Å². The van der Waals surface area contributed by atoms with Gasteiger partial charge in [-0.1, -0.05) is 6.07 Å². The fraction of sp³-hybridized carbons (Fsp3) is 0.273. The van der Waals surface area contributed by atoms with Gasteiger partial charge in [-0.15, -0.1) is 0 Å². The molecule has 0 aliphatic carbocycles. The fourth-order valence-electron chi connectivity index (χ4n) is 1.15. The van der Waals surface area contributed by atoms with Crippen LogP contribution in [0.3, 0.4) is 0 Å². The van der Waals surface area contributed by atoms with Crippen molar-refractivity contribution in [2.75, 3.05) is 13.6 Å². The molecule has 0 saturated carbocycles. The summed E-state index contributed by atoms with van der Waals surface area (Å²) in [6.07, 6.45) is -0.0463. The lowest BCUT2D eigenvalue weighted by Crippen LogP contribution is -2.28. The zero-order valence-electron chi connectivity index (χ0n) is 8.70. The monoisotopic (exact) mass is 224 g/mol. The normalized spacial score (nSPS) is 9.62. The van der Waals surface area contributed by atoms with Crippen LogP contribution in [0, 0.1) is 23.0 Å². The van der Waals surface area contributed by atoms with Crippen molar-refractivity contribution in [3.63, 3.8) is 0 Å². The van der Waals surface area contributed by atoms with Crippen molar-refractivity contribution >= 4 is 5.91 Å². The number of nitrogens with zero attached hydrogens (tertiary/aromatic N) is 2.